The molecule has 0 atom stereocenters. The van der Waals surface area contributed by atoms with E-state index in [1.54, 1.807) is 11.6 Å². The number of aromatic nitrogens is 3. The number of anilines is 1. The maximum Gasteiger partial charge on any atom is 0.155 e. The van der Waals surface area contributed by atoms with Gasteiger partial charge < -0.3 is 10.1 Å². The molecule has 0 aliphatic rings. The highest BCUT2D eigenvalue weighted by atomic mass is 35.5. The second-order valence-corrected chi connectivity index (χ2v) is 5.16. The molecule has 3 rings (SSSR count). The van der Waals surface area contributed by atoms with Crippen molar-refractivity contribution in [2.24, 2.45) is 0 Å². The Bertz CT molecular complexity index is 784. The normalized spacial score (nSPS) is 10.8. The largest absolute Gasteiger partial charge is 0.495 e. The Hall–Kier alpha value is -2.27. The molecule has 2 heterocycles. The van der Waals surface area contributed by atoms with Gasteiger partial charge in [-0.2, -0.15) is 5.10 Å². The van der Waals surface area contributed by atoms with Gasteiger partial charge in [0.1, 0.15) is 5.75 Å². The molecule has 0 bridgehead atoms. The Labute approximate surface area is 127 Å². The van der Waals surface area contributed by atoms with E-state index in [9.17, 15) is 0 Å². The smallest absolute Gasteiger partial charge is 0.155 e. The van der Waals surface area contributed by atoms with E-state index >= 15 is 0 Å². The quantitative estimate of drug-likeness (QED) is 0.803. The molecule has 0 saturated heterocycles. The van der Waals surface area contributed by atoms with Gasteiger partial charge in [-0.05, 0) is 25.1 Å². The molecule has 0 radical (unpaired) electrons. The van der Waals surface area contributed by atoms with Gasteiger partial charge in [0.2, 0.25) is 0 Å². The minimum absolute atomic E-state index is 0.582. The van der Waals surface area contributed by atoms with Crippen LogP contribution in [-0.2, 0) is 6.54 Å². The third-order valence-corrected chi connectivity index (χ3v) is 3.43. The van der Waals surface area contributed by atoms with E-state index in [1.165, 1.54) is 0 Å². The minimum Gasteiger partial charge on any atom is -0.495 e. The Balaban J connectivity index is 1.75. The number of methoxy groups -OCH3 is 1. The highest BCUT2D eigenvalue weighted by Gasteiger charge is 2.03. The minimum atomic E-state index is 0.582. The van der Waals surface area contributed by atoms with Crippen LogP contribution in [0.2, 0.25) is 5.02 Å². The van der Waals surface area contributed by atoms with Crippen LogP contribution in [0, 0.1) is 6.92 Å². The van der Waals surface area contributed by atoms with Gasteiger partial charge in [-0.1, -0.05) is 11.6 Å². The number of nitrogens with one attached hydrogen (secondary N) is 1. The average Bonchev–Trinajstić information content (AvgIpc) is 2.84. The van der Waals surface area contributed by atoms with Gasteiger partial charge >= 0.3 is 0 Å². The lowest BCUT2D eigenvalue weighted by Gasteiger charge is -2.09. The third kappa shape index (κ3) is 2.92. The highest BCUT2D eigenvalue weighted by molar-refractivity contribution is 6.32. The molecular weight excluding hydrogens is 288 g/mol. The predicted molar refractivity (Wildman–Crippen MR) is 83.1 cm³/mol. The zero-order valence-corrected chi connectivity index (χ0v) is 12.6. The first-order valence-corrected chi connectivity index (χ1v) is 6.92. The number of rotatable bonds is 4. The fourth-order valence-electron chi connectivity index (χ4n) is 2.11. The summed E-state index contributed by atoms with van der Waals surface area (Å²) in [6.45, 7) is 2.59. The summed E-state index contributed by atoms with van der Waals surface area (Å²) in [5.74, 6) is 0.664. The van der Waals surface area contributed by atoms with Crippen molar-refractivity contribution >= 4 is 22.9 Å². The van der Waals surface area contributed by atoms with Crippen molar-refractivity contribution in [3.05, 3.63) is 52.9 Å². The number of aryl methyl sites for hydroxylation is 1. The first-order chi connectivity index (χ1) is 10.2. The van der Waals surface area contributed by atoms with E-state index < -0.39 is 0 Å². The number of hydrogen-bond donors (Lipinski definition) is 1. The molecule has 108 valence electrons. The van der Waals surface area contributed by atoms with Crippen molar-refractivity contribution in [2.75, 3.05) is 12.4 Å². The van der Waals surface area contributed by atoms with Crippen LogP contribution in [0.3, 0.4) is 0 Å². The first-order valence-electron chi connectivity index (χ1n) is 6.54. The maximum absolute atomic E-state index is 6.10. The van der Waals surface area contributed by atoms with Crippen LogP contribution in [-0.4, -0.2) is 21.7 Å². The fraction of sp³-hybridized carbons (Fsp3) is 0.200. The summed E-state index contributed by atoms with van der Waals surface area (Å²) in [6.07, 6.45) is 3.81. The summed E-state index contributed by atoms with van der Waals surface area (Å²) < 4.78 is 6.92. The molecule has 2 aromatic heterocycles. The Morgan fingerprint density at radius 1 is 1.33 bits per heavy atom. The second kappa shape index (κ2) is 5.61. The Morgan fingerprint density at radius 3 is 2.95 bits per heavy atom. The van der Waals surface area contributed by atoms with Gasteiger partial charge in [0.15, 0.2) is 5.65 Å². The monoisotopic (exact) mass is 302 g/mol. The number of hydrogen-bond acceptors (Lipinski definition) is 4. The number of benzene rings is 1. The molecule has 0 aliphatic carbocycles. The van der Waals surface area contributed by atoms with Gasteiger partial charge in [-0.15, -0.1) is 0 Å². The summed E-state index contributed by atoms with van der Waals surface area (Å²) in [5.41, 5.74) is 3.77. The molecule has 3 aromatic rings. The number of halogens is 1. The Kier molecular flexibility index (Phi) is 3.66. The summed E-state index contributed by atoms with van der Waals surface area (Å²) in [4.78, 5) is 4.37. The van der Waals surface area contributed by atoms with Gasteiger partial charge in [0, 0.05) is 36.3 Å². The molecular formula is C15H15ClN4O. The number of nitrogens with zero attached hydrogens (tertiary/aromatic N) is 3. The molecule has 1 aromatic carbocycles. The topological polar surface area (TPSA) is 51.5 Å². The standard InChI is InChI=1S/C15H15ClN4O/c1-10-5-15-18-8-11(9-20(15)19-10)7-17-12-3-4-14(21-2)13(16)6-12/h3-6,8-9,17H,7H2,1-2H3. The molecule has 0 unspecified atom stereocenters. The van der Waals surface area contributed by atoms with Crippen molar-refractivity contribution in [2.45, 2.75) is 13.5 Å². The molecule has 0 spiro atoms. The molecule has 0 aliphatic heterocycles. The van der Waals surface area contributed by atoms with Crippen molar-refractivity contribution < 1.29 is 4.74 Å². The maximum atomic E-state index is 6.10. The van der Waals surface area contributed by atoms with Crippen molar-refractivity contribution in [3.63, 3.8) is 0 Å². The van der Waals surface area contributed by atoms with Gasteiger partial charge in [0.25, 0.3) is 0 Å². The SMILES string of the molecule is COc1ccc(NCc2cnc3cc(C)nn3c2)cc1Cl. The number of ether oxygens (including phenoxy) is 1. The van der Waals surface area contributed by atoms with Gasteiger partial charge in [-0.25, -0.2) is 9.50 Å². The van der Waals surface area contributed by atoms with Crippen LogP contribution in [0.15, 0.2) is 36.7 Å². The van der Waals surface area contributed by atoms with E-state index in [0.717, 1.165) is 22.6 Å². The summed E-state index contributed by atoms with van der Waals surface area (Å²) >= 11 is 6.10. The number of fused-ring (bicyclic) bond motifs is 1. The van der Waals surface area contributed by atoms with Crippen LogP contribution < -0.4 is 10.1 Å². The fourth-order valence-corrected chi connectivity index (χ4v) is 2.36. The second-order valence-electron chi connectivity index (χ2n) is 4.75. The van der Waals surface area contributed by atoms with E-state index in [2.05, 4.69) is 15.4 Å². The van der Waals surface area contributed by atoms with Gasteiger partial charge in [0.05, 0.1) is 17.8 Å². The van der Waals surface area contributed by atoms with Crippen molar-refractivity contribution in [1.82, 2.24) is 14.6 Å². The molecule has 5 nitrogen and oxygen atoms in total. The zero-order valence-electron chi connectivity index (χ0n) is 11.8. The molecule has 0 amide bonds. The van der Waals surface area contributed by atoms with Gasteiger partial charge in [-0.3, -0.25) is 0 Å². The predicted octanol–water partition coefficient (Wildman–Crippen LogP) is 3.31. The van der Waals surface area contributed by atoms with E-state index in [4.69, 9.17) is 16.3 Å². The Morgan fingerprint density at radius 2 is 2.19 bits per heavy atom. The van der Waals surface area contributed by atoms with Crippen LogP contribution in [0.25, 0.3) is 5.65 Å². The lowest BCUT2D eigenvalue weighted by molar-refractivity contribution is 0.415. The lowest BCUT2D eigenvalue weighted by Crippen LogP contribution is -2.02. The first kappa shape index (κ1) is 13.7. The zero-order chi connectivity index (χ0) is 14.8. The molecule has 21 heavy (non-hydrogen) atoms. The average molecular weight is 303 g/mol. The van der Waals surface area contributed by atoms with Crippen LogP contribution >= 0.6 is 11.6 Å². The van der Waals surface area contributed by atoms with Crippen molar-refractivity contribution in [1.29, 1.82) is 0 Å². The molecule has 0 fully saturated rings. The summed E-state index contributed by atoms with van der Waals surface area (Å²) in [7, 11) is 1.60. The lowest BCUT2D eigenvalue weighted by atomic mass is 10.2. The van der Waals surface area contributed by atoms with Crippen molar-refractivity contribution in [3.8, 4) is 5.75 Å². The molecule has 0 saturated carbocycles. The van der Waals surface area contributed by atoms with Crippen LogP contribution in [0.4, 0.5) is 5.69 Å². The van der Waals surface area contributed by atoms with E-state index in [-0.39, 0.29) is 0 Å². The summed E-state index contributed by atoms with van der Waals surface area (Å²) in [5, 5.41) is 8.24. The molecule has 6 heteroatoms. The molecule has 1 N–H and O–H groups in total. The van der Waals surface area contributed by atoms with E-state index in [0.29, 0.717) is 17.3 Å². The highest BCUT2D eigenvalue weighted by Crippen LogP contribution is 2.27. The summed E-state index contributed by atoms with van der Waals surface area (Å²) in [6, 6.07) is 7.54. The van der Waals surface area contributed by atoms with Crippen LogP contribution in [0.1, 0.15) is 11.3 Å². The van der Waals surface area contributed by atoms with Crippen LogP contribution in [0.5, 0.6) is 5.75 Å². The third-order valence-electron chi connectivity index (χ3n) is 3.14. The van der Waals surface area contributed by atoms with E-state index in [1.807, 2.05) is 43.6 Å².